The van der Waals surface area contributed by atoms with Gasteiger partial charge in [0.1, 0.15) is 0 Å². The number of hydrogen-bond donors (Lipinski definition) is 4. The summed E-state index contributed by atoms with van der Waals surface area (Å²) in [7, 11) is 0. The van der Waals surface area contributed by atoms with Crippen molar-refractivity contribution in [2.24, 2.45) is 5.92 Å². The van der Waals surface area contributed by atoms with E-state index in [1.807, 2.05) is 54.9 Å². The molecule has 2 aromatic carbocycles. The number of aryl methyl sites for hydroxylation is 1. The molecule has 7 heteroatoms. The topological polar surface area (TPSA) is 108 Å². The van der Waals surface area contributed by atoms with Gasteiger partial charge in [0.25, 0.3) is 11.8 Å². The fourth-order valence-electron chi connectivity index (χ4n) is 3.74. The molecule has 0 aromatic heterocycles. The van der Waals surface area contributed by atoms with Gasteiger partial charge >= 0.3 is 0 Å². The van der Waals surface area contributed by atoms with E-state index < -0.39 is 5.92 Å². The lowest BCUT2D eigenvalue weighted by atomic mass is 9.95. The maximum Gasteiger partial charge on any atom is 0.252 e. The molecule has 2 aromatic rings. The van der Waals surface area contributed by atoms with Crippen LogP contribution in [0.25, 0.3) is 11.6 Å². The molecule has 0 saturated heterocycles. The average Bonchev–Trinajstić information content (AvgIpc) is 3.67. The molecule has 0 heterocycles. The number of rotatable bonds is 9. The van der Waals surface area contributed by atoms with E-state index in [-0.39, 0.29) is 36.7 Å². The Labute approximate surface area is 204 Å². The minimum absolute atomic E-state index is 0.0986. The molecule has 0 bridgehead atoms. The Bertz CT molecular complexity index is 1190. The zero-order valence-electron chi connectivity index (χ0n) is 19.6. The maximum absolute atomic E-state index is 12.9. The largest absolute Gasteiger partial charge is 0.349 e. The summed E-state index contributed by atoms with van der Waals surface area (Å²) in [5, 5.41) is 14.6. The summed E-state index contributed by atoms with van der Waals surface area (Å²) >= 11 is 0. The van der Waals surface area contributed by atoms with Crippen molar-refractivity contribution in [2.75, 3.05) is 13.1 Å². The quantitative estimate of drug-likeness (QED) is 0.255. The molecule has 0 aliphatic heterocycles. The van der Waals surface area contributed by atoms with Crippen molar-refractivity contribution in [3.63, 3.8) is 0 Å². The Hall–Kier alpha value is -3.81. The van der Waals surface area contributed by atoms with Gasteiger partial charge in [0.15, 0.2) is 5.78 Å². The molecule has 2 aliphatic rings. The number of amides is 2. The van der Waals surface area contributed by atoms with E-state index in [9.17, 15) is 14.4 Å². The van der Waals surface area contributed by atoms with Crippen LogP contribution >= 0.6 is 0 Å². The molecule has 4 rings (SSSR count). The Morgan fingerprint density at radius 1 is 1.03 bits per heavy atom. The molecule has 180 valence electrons. The molecular formula is C28H29N3O4. The molecule has 1 atom stereocenters. The van der Waals surface area contributed by atoms with Crippen LogP contribution in [0.1, 0.15) is 39.9 Å². The van der Waals surface area contributed by atoms with Gasteiger partial charge in [-0.3, -0.25) is 14.4 Å². The summed E-state index contributed by atoms with van der Waals surface area (Å²) in [6.45, 7) is 2.38. The fraction of sp³-hybridized carbons (Fsp3) is 0.250. The van der Waals surface area contributed by atoms with Crippen LogP contribution in [-0.2, 0) is 9.59 Å². The van der Waals surface area contributed by atoms with Gasteiger partial charge in [0.05, 0.1) is 5.92 Å². The smallest absolute Gasteiger partial charge is 0.252 e. The van der Waals surface area contributed by atoms with Gasteiger partial charge in [-0.25, -0.2) is 5.48 Å². The van der Waals surface area contributed by atoms with Crippen molar-refractivity contribution in [3.8, 4) is 0 Å². The number of benzene rings is 2. The number of carbonyl (C=O) groups excluding carboxylic acids is 3. The third-order valence-corrected chi connectivity index (χ3v) is 6.00. The predicted molar refractivity (Wildman–Crippen MR) is 134 cm³/mol. The highest BCUT2D eigenvalue weighted by Gasteiger charge is 2.25. The third kappa shape index (κ3) is 6.62. The second-order valence-electron chi connectivity index (χ2n) is 8.93. The van der Waals surface area contributed by atoms with Crippen LogP contribution in [0.4, 0.5) is 0 Å². The van der Waals surface area contributed by atoms with E-state index in [4.69, 9.17) is 5.21 Å². The van der Waals surface area contributed by atoms with Crippen LogP contribution in [0.15, 0.2) is 72.3 Å². The van der Waals surface area contributed by atoms with Crippen LogP contribution in [-0.4, -0.2) is 41.9 Å². The molecule has 7 nitrogen and oxygen atoms in total. The molecule has 0 spiro atoms. The highest BCUT2D eigenvalue weighted by Crippen LogP contribution is 2.24. The van der Waals surface area contributed by atoms with E-state index in [1.54, 1.807) is 24.3 Å². The Balaban J connectivity index is 1.42. The van der Waals surface area contributed by atoms with E-state index in [2.05, 4.69) is 10.6 Å². The average molecular weight is 472 g/mol. The Morgan fingerprint density at radius 3 is 2.34 bits per heavy atom. The maximum atomic E-state index is 12.9. The number of allylic oxidation sites excluding steroid dienone is 1. The normalized spacial score (nSPS) is 17.7. The lowest BCUT2D eigenvalue weighted by molar-refractivity contribution is -0.117. The first kappa shape index (κ1) is 24.3. The standard InChI is InChI=1S/C28H29N3O4/c1-18-2-7-21(8-3-18)25(28(34)31-24-12-13-24)14-19-4-9-22(10-5-19)27(33)29-16-20-6-11-23(17-30-35)26(32)15-20/h2-11,14-15,23-24,30,35H,12-13,16-17H2,1H3,(H,29,33)(H,31,34). The molecule has 1 unspecified atom stereocenters. The molecule has 1 saturated carbocycles. The number of nitrogens with one attached hydrogen (secondary N) is 3. The minimum atomic E-state index is -0.406. The van der Waals surface area contributed by atoms with E-state index >= 15 is 0 Å². The van der Waals surface area contributed by atoms with Crippen LogP contribution in [0.2, 0.25) is 0 Å². The molecule has 4 N–H and O–H groups in total. The van der Waals surface area contributed by atoms with E-state index in [1.165, 1.54) is 6.08 Å². The van der Waals surface area contributed by atoms with Crippen molar-refractivity contribution in [2.45, 2.75) is 25.8 Å². The second-order valence-corrected chi connectivity index (χ2v) is 8.93. The third-order valence-electron chi connectivity index (χ3n) is 6.00. The van der Waals surface area contributed by atoms with Gasteiger partial charge in [-0.1, -0.05) is 54.1 Å². The summed E-state index contributed by atoms with van der Waals surface area (Å²) < 4.78 is 0. The Kier molecular flexibility index (Phi) is 7.70. The first-order valence-corrected chi connectivity index (χ1v) is 11.7. The molecule has 1 fully saturated rings. The van der Waals surface area contributed by atoms with E-state index in [0.717, 1.165) is 29.5 Å². The predicted octanol–water partition coefficient (Wildman–Crippen LogP) is 3.20. The number of ketones is 1. The lowest BCUT2D eigenvalue weighted by Gasteiger charge is -2.14. The minimum Gasteiger partial charge on any atom is -0.349 e. The number of carbonyl (C=O) groups is 3. The summed E-state index contributed by atoms with van der Waals surface area (Å²) in [5.41, 5.74) is 6.55. The molecular weight excluding hydrogens is 442 g/mol. The van der Waals surface area contributed by atoms with Crippen LogP contribution in [0.5, 0.6) is 0 Å². The van der Waals surface area contributed by atoms with Crippen molar-refractivity contribution >= 4 is 29.2 Å². The van der Waals surface area contributed by atoms with Crippen molar-refractivity contribution in [3.05, 3.63) is 94.6 Å². The summed E-state index contributed by atoms with van der Waals surface area (Å²) in [6, 6.07) is 15.1. The van der Waals surface area contributed by atoms with Crippen LogP contribution < -0.4 is 16.1 Å². The summed E-state index contributed by atoms with van der Waals surface area (Å²) in [6.07, 6.45) is 8.83. The second kappa shape index (κ2) is 11.1. The lowest BCUT2D eigenvalue weighted by Crippen LogP contribution is -2.29. The van der Waals surface area contributed by atoms with Gasteiger partial charge in [-0.2, -0.15) is 0 Å². The monoisotopic (exact) mass is 471 g/mol. The molecule has 0 radical (unpaired) electrons. The number of hydrogen-bond acceptors (Lipinski definition) is 5. The summed E-state index contributed by atoms with van der Waals surface area (Å²) in [4.78, 5) is 37.5. The number of hydroxylamine groups is 1. The highest BCUT2D eigenvalue weighted by atomic mass is 16.5. The van der Waals surface area contributed by atoms with Gasteiger partial charge in [-0.05, 0) is 60.8 Å². The van der Waals surface area contributed by atoms with Crippen molar-refractivity contribution in [1.82, 2.24) is 16.1 Å². The molecule has 35 heavy (non-hydrogen) atoms. The zero-order chi connectivity index (χ0) is 24.8. The fourth-order valence-corrected chi connectivity index (χ4v) is 3.74. The van der Waals surface area contributed by atoms with Gasteiger partial charge in [0.2, 0.25) is 0 Å². The first-order valence-electron chi connectivity index (χ1n) is 11.7. The SMILES string of the molecule is Cc1ccc(C(=Cc2ccc(C(=O)NCC3=CC(=O)C(CNO)C=C3)cc2)C(=O)NC2CC2)cc1. The summed E-state index contributed by atoms with van der Waals surface area (Å²) in [5.74, 6) is -0.883. The van der Waals surface area contributed by atoms with Gasteiger partial charge in [-0.15, -0.1) is 0 Å². The molecule has 2 aliphatic carbocycles. The van der Waals surface area contributed by atoms with Gasteiger partial charge < -0.3 is 15.8 Å². The van der Waals surface area contributed by atoms with Crippen molar-refractivity contribution in [1.29, 1.82) is 0 Å². The van der Waals surface area contributed by atoms with Crippen LogP contribution in [0.3, 0.4) is 0 Å². The Morgan fingerprint density at radius 2 is 1.71 bits per heavy atom. The van der Waals surface area contributed by atoms with Crippen LogP contribution in [0, 0.1) is 12.8 Å². The van der Waals surface area contributed by atoms with Gasteiger partial charge in [0, 0.05) is 30.3 Å². The first-order chi connectivity index (χ1) is 16.9. The highest BCUT2D eigenvalue weighted by molar-refractivity contribution is 6.24. The molecule has 2 amide bonds. The van der Waals surface area contributed by atoms with Crippen molar-refractivity contribution < 1.29 is 19.6 Å². The zero-order valence-corrected chi connectivity index (χ0v) is 19.6. The van der Waals surface area contributed by atoms with E-state index in [0.29, 0.717) is 16.7 Å².